The van der Waals surface area contributed by atoms with E-state index in [2.05, 4.69) is 5.32 Å². The molecule has 0 radical (unpaired) electrons. The fourth-order valence-corrected chi connectivity index (χ4v) is 2.31. The molecule has 1 rings (SSSR count). The van der Waals surface area contributed by atoms with Gasteiger partial charge in [-0.15, -0.1) is 0 Å². The number of carbonyl (C=O) groups is 1. The molecule has 1 amide bonds. The highest BCUT2D eigenvalue weighted by molar-refractivity contribution is 5.79. The molecule has 1 aliphatic heterocycles. The van der Waals surface area contributed by atoms with Gasteiger partial charge in [-0.1, -0.05) is 0 Å². The third kappa shape index (κ3) is 6.56. The molecule has 1 N–H and O–H groups in total. The number of rotatable bonds is 7. The summed E-state index contributed by atoms with van der Waals surface area (Å²) in [6, 6.07) is 0. The minimum Gasteiger partial charge on any atom is -0.382 e. The molecule has 0 aliphatic carbocycles. The Kier molecular flexibility index (Phi) is 7.29. The Hall–Kier alpha value is -0.820. The number of nitrogens with one attached hydrogen (secondary N) is 1. The van der Waals surface area contributed by atoms with E-state index in [1.165, 1.54) is 0 Å². The van der Waals surface area contributed by atoms with Gasteiger partial charge in [0.15, 0.2) is 0 Å². The first-order valence-electron chi connectivity index (χ1n) is 7.08. The molecule has 0 saturated carbocycles. The molecular formula is C13H23F3N2O2. The van der Waals surface area contributed by atoms with Crippen LogP contribution in [0.2, 0.25) is 0 Å². The first-order valence-corrected chi connectivity index (χ1v) is 7.08. The fourth-order valence-electron chi connectivity index (χ4n) is 2.31. The molecule has 0 spiro atoms. The van der Waals surface area contributed by atoms with Gasteiger partial charge in [-0.2, -0.15) is 13.2 Å². The van der Waals surface area contributed by atoms with E-state index in [0.29, 0.717) is 32.6 Å². The van der Waals surface area contributed by atoms with Crippen molar-refractivity contribution < 1.29 is 22.7 Å². The van der Waals surface area contributed by atoms with Gasteiger partial charge in [-0.05, 0) is 32.7 Å². The zero-order valence-electron chi connectivity index (χ0n) is 11.8. The van der Waals surface area contributed by atoms with E-state index in [9.17, 15) is 18.0 Å². The van der Waals surface area contributed by atoms with Crippen LogP contribution in [0.1, 0.15) is 26.2 Å². The molecule has 118 valence electrons. The van der Waals surface area contributed by atoms with Crippen molar-refractivity contribution in [2.24, 2.45) is 5.92 Å². The van der Waals surface area contributed by atoms with E-state index >= 15 is 0 Å². The van der Waals surface area contributed by atoms with Crippen LogP contribution in [0.5, 0.6) is 0 Å². The van der Waals surface area contributed by atoms with Gasteiger partial charge in [0.2, 0.25) is 5.91 Å². The summed E-state index contributed by atoms with van der Waals surface area (Å²) in [4.78, 5) is 13.1. The van der Waals surface area contributed by atoms with Gasteiger partial charge in [-0.3, -0.25) is 4.79 Å². The van der Waals surface area contributed by atoms with Crippen molar-refractivity contribution in [1.82, 2.24) is 10.2 Å². The minimum absolute atomic E-state index is 0.0921. The number of amides is 1. The number of carbonyl (C=O) groups excluding carboxylic acids is 1. The highest BCUT2D eigenvalue weighted by Crippen LogP contribution is 2.20. The highest BCUT2D eigenvalue weighted by Gasteiger charge is 2.35. The normalized spacial score (nSPS) is 19.9. The molecule has 1 atom stereocenters. The predicted molar refractivity (Wildman–Crippen MR) is 69.3 cm³/mol. The lowest BCUT2D eigenvalue weighted by Gasteiger charge is -2.30. The average Bonchev–Trinajstić information content (AvgIpc) is 2.41. The number of nitrogens with zero attached hydrogens (tertiary/aromatic N) is 1. The molecule has 1 saturated heterocycles. The van der Waals surface area contributed by atoms with Gasteiger partial charge in [-0.25, -0.2) is 0 Å². The Morgan fingerprint density at radius 3 is 2.75 bits per heavy atom. The summed E-state index contributed by atoms with van der Waals surface area (Å²) in [6.45, 7) is 2.95. The summed E-state index contributed by atoms with van der Waals surface area (Å²) in [5, 5.41) is 3.06. The van der Waals surface area contributed by atoms with Crippen molar-refractivity contribution in [1.29, 1.82) is 0 Å². The van der Waals surface area contributed by atoms with Gasteiger partial charge in [0, 0.05) is 26.3 Å². The number of hydrogen-bond acceptors (Lipinski definition) is 3. The topological polar surface area (TPSA) is 41.6 Å². The van der Waals surface area contributed by atoms with Crippen LogP contribution in [0.4, 0.5) is 13.2 Å². The Labute approximate surface area is 117 Å². The molecule has 1 fully saturated rings. The second kappa shape index (κ2) is 8.46. The highest BCUT2D eigenvalue weighted by atomic mass is 19.4. The predicted octanol–water partition coefficient (Wildman–Crippen LogP) is 1.80. The molecule has 4 nitrogen and oxygen atoms in total. The lowest BCUT2D eigenvalue weighted by molar-refractivity contribution is -0.164. The molecule has 20 heavy (non-hydrogen) atoms. The van der Waals surface area contributed by atoms with Gasteiger partial charge < -0.3 is 15.0 Å². The van der Waals surface area contributed by atoms with Crippen molar-refractivity contribution in [2.45, 2.75) is 32.4 Å². The van der Waals surface area contributed by atoms with Crippen molar-refractivity contribution >= 4 is 5.91 Å². The van der Waals surface area contributed by atoms with Crippen molar-refractivity contribution in [2.75, 3.05) is 39.4 Å². The second-order valence-corrected chi connectivity index (χ2v) is 4.97. The molecule has 7 heteroatoms. The summed E-state index contributed by atoms with van der Waals surface area (Å²) in [7, 11) is 0. The standard InChI is InChI=1S/C13H23F3N2O2/c1-2-20-8-4-7-18(10-13(14,15)16)12(19)11-5-3-6-17-9-11/h11,17H,2-10H2,1H3/t11-/m1/s1. The van der Waals surface area contributed by atoms with Crippen LogP contribution in [-0.4, -0.2) is 56.4 Å². The van der Waals surface area contributed by atoms with E-state index in [0.717, 1.165) is 17.9 Å². The van der Waals surface area contributed by atoms with Crippen LogP contribution in [0, 0.1) is 5.92 Å². The Morgan fingerprint density at radius 2 is 2.20 bits per heavy atom. The van der Waals surface area contributed by atoms with Crippen LogP contribution < -0.4 is 5.32 Å². The van der Waals surface area contributed by atoms with Gasteiger partial charge in [0.25, 0.3) is 0 Å². The zero-order valence-corrected chi connectivity index (χ0v) is 11.8. The average molecular weight is 296 g/mol. The maximum Gasteiger partial charge on any atom is 0.406 e. The quantitative estimate of drug-likeness (QED) is 0.729. The second-order valence-electron chi connectivity index (χ2n) is 4.97. The van der Waals surface area contributed by atoms with Gasteiger partial charge in [0.1, 0.15) is 6.54 Å². The van der Waals surface area contributed by atoms with Crippen LogP contribution in [0.3, 0.4) is 0 Å². The number of alkyl halides is 3. The van der Waals surface area contributed by atoms with Gasteiger partial charge >= 0.3 is 6.18 Å². The van der Waals surface area contributed by atoms with Crippen molar-refractivity contribution in [3.63, 3.8) is 0 Å². The van der Waals surface area contributed by atoms with Crippen LogP contribution >= 0.6 is 0 Å². The van der Waals surface area contributed by atoms with Crippen LogP contribution in [-0.2, 0) is 9.53 Å². The van der Waals surface area contributed by atoms with Crippen LogP contribution in [0.15, 0.2) is 0 Å². The SMILES string of the molecule is CCOCCCN(CC(F)(F)F)C(=O)[C@@H]1CCCNC1. The zero-order chi connectivity index (χ0) is 15.0. The summed E-state index contributed by atoms with van der Waals surface area (Å²) >= 11 is 0. The molecule has 0 aromatic heterocycles. The molecule has 0 bridgehead atoms. The molecular weight excluding hydrogens is 273 g/mol. The van der Waals surface area contributed by atoms with Crippen molar-refractivity contribution in [3.8, 4) is 0 Å². The number of ether oxygens (including phenoxy) is 1. The molecule has 0 aromatic rings. The van der Waals surface area contributed by atoms with E-state index in [1.807, 2.05) is 6.92 Å². The molecule has 0 aromatic carbocycles. The third-order valence-electron chi connectivity index (χ3n) is 3.25. The Bertz CT molecular complexity index is 292. The number of hydrogen-bond donors (Lipinski definition) is 1. The smallest absolute Gasteiger partial charge is 0.382 e. The Morgan fingerprint density at radius 1 is 1.45 bits per heavy atom. The third-order valence-corrected chi connectivity index (χ3v) is 3.25. The summed E-state index contributed by atoms with van der Waals surface area (Å²) < 4.78 is 42.8. The van der Waals surface area contributed by atoms with Crippen molar-refractivity contribution in [3.05, 3.63) is 0 Å². The molecule has 0 unspecified atom stereocenters. The molecule has 1 heterocycles. The lowest BCUT2D eigenvalue weighted by Crippen LogP contribution is -2.46. The summed E-state index contributed by atoms with van der Waals surface area (Å²) in [6.07, 6.45) is -2.44. The van der Waals surface area contributed by atoms with E-state index in [1.54, 1.807) is 0 Å². The van der Waals surface area contributed by atoms with E-state index in [4.69, 9.17) is 4.74 Å². The van der Waals surface area contributed by atoms with Crippen LogP contribution in [0.25, 0.3) is 0 Å². The molecule has 1 aliphatic rings. The summed E-state index contributed by atoms with van der Waals surface area (Å²) in [5.41, 5.74) is 0. The summed E-state index contributed by atoms with van der Waals surface area (Å²) in [5.74, 6) is -0.732. The van der Waals surface area contributed by atoms with E-state index < -0.39 is 18.6 Å². The number of piperidine rings is 1. The monoisotopic (exact) mass is 296 g/mol. The van der Waals surface area contributed by atoms with Gasteiger partial charge in [0.05, 0.1) is 5.92 Å². The number of halogens is 3. The van der Waals surface area contributed by atoms with E-state index in [-0.39, 0.29) is 12.5 Å². The first kappa shape index (κ1) is 17.2. The lowest BCUT2D eigenvalue weighted by atomic mass is 9.98. The minimum atomic E-state index is -4.36. The maximum absolute atomic E-state index is 12.6. The first-order chi connectivity index (χ1) is 9.44. The maximum atomic E-state index is 12.6. The largest absolute Gasteiger partial charge is 0.406 e. The Balaban J connectivity index is 2.52. The fraction of sp³-hybridized carbons (Fsp3) is 0.923.